The Morgan fingerprint density at radius 2 is 1.26 bits per heavy atom. The number of aromatic amines is 2. The van der Waals surface area contributed by atoms with Gasteiger partial charge in [0, 0.05) is 38.9 Å². The number of ether oxygens (including phenoxy) is 1. The highest BCUT2D eigenvalue weighted by Crippen LogP contribution is 2.49. The van der Waals surface area contributed by atoms with Crippen LogP contribution in [0.4, 0.5) is 25.4 Å². The van der Waals surface area contributed by atoms with E-state index in [4.69, 9.17) is 14.7 Å². The molecule has 0 unspecified atom stereocenters. The van der Waals surface area contributed by atoms with Crippen LogP contribution in [0.1, 0.15) is 137 Å². The number of nitrogens with one attached hydrogen (secondary N) is 3. The minimum absolute atomic E-state index is 0.140. The summed E-state index contributed by atoms with van der Waals surface area (Å²) in [6.45, 7) is 10.1. The summed E-state index contributed by atoms with van der Waals surface area (Å²) in [5.41, 5.74) is 7.99. The van der Waals surface area contributed by atoms with Crippen molar-refractivity contribution in [3.8, 4) is 0 Å². The molecule has 4 N–H and O–H groups in total. The lowest BCUT2D eigenvalue weighted by molar-refractivity contribution is -0.138. The number of rotatable bonds is 13. The van der Waals surface area contributed by atoms with Gasteiger partial charge in [-0.2, -0.15) is 0 Å². The number of likely N-dealkylation sites (N-methyl/N-ethyl adjacent to an activating group) is 1. The van der Waals surface area contributed by atoms with Gasteiger partial charge in [0.25, 0.3) is 0 Å². The number of nitrogens with zero attached hydrogens (tertiary/aromatic N) is 7. The molecule has 4 aliphatic heterocycles. The number of H-pyrrole nitrogens is 2. The summed E-state index contributed by atoms with van der Waals surface area (Å²) >= 11 is 0. The SMILES string of the molecule is COC(=O)N[C@H](C(=O)N1CCC[C@H]1c1nc2cc([C@H]3CC[C@H](c4ccc5[nH]c([C@@H]6CCCN6C(=O)[C@H](C(C)C)N(C)C(=O)O)nc5c4)N3c3ccc(N4CCC(c5ccccc5)CC4)c(F)c3)ccc2[nH]1)C(C)C. The van der Waals surface area contributed by atoms with Gasteiger partial charge in [-0.3, -0.25) is 14.5 Å². The summed E-state index contributed by atoms with van der Waals surface area (Å²) in [4.78, 5) is 78.8. The fourth-order valence-corrected chi connectivity index (χ4v) is 12.4. The Hall–Kier alpha value is -7.17. The lowest BCUT2D eigenvalue weighted by Crippen LogP contribution is -2.51. The van der Waals surface area contributed by atoms with E-state index in [0.717, 1.165) is 102 Å². The Morgan fingerprint density at radius 3 is 1.77 bits per heavy atom. The van der Waals surface area contributed by atoms with E-state index < -0.39 is 24.3 Å². The number of piperidine rings is 1. The van der Waals surface area contributed by atoms with Crippen molar-refractivity contribution < 1.29 is 33.4 Å². The van der Waals surface area contributed by atoms with Crippen LogP contribution in [0.2, 0.25) is 0 Å². The molecule has 10 rings (SSSR count). The molecule has 0 bridgehead atoms. The normalized spacial score (nSPS) is 21.3. The van der Waals surface area contributed by atoms with E-state index in [-0.39, 0.29) is 53.6 Å². The number of amides is 4. The fourth-order valence-electron chi connectivity index (χ4n) is 12.4. The Bertz CT molecular complexity index is 3020. The second-order valence-electron chi connectivity index (χ2n) is 21.4. The number of alkyl carbamates (subject to hydrolysis) is 1. The zero-order chi connectivity index (χ0) is 51.9. The number of carbonyl (C=O) groups is 4. The molecule has 0 saturated carbocycles. The average Bonchev–Trinajstić information content (AvgIpc) is 4.27. The molecule has 4 fully saturated rings. The van der Waals surface area contributed by atoms with Crippen molar-refractivity contribution in [1.82, 2.24) is 40.0 Å². The van der Waals surface area contributed by atoms with Crippen LogP contribution in [0.3, 0.4) is 0 Å². The topological polar surface area (TPSA) is 183 Å². The first-order valence-corrected chi connectivity index (χ1v) is 26.5. The molecule has 0 spiro atoms. The molecule has 4 aliphatic rings. The molecular formula is C57H69FN10O6. The summed E-state index contributed by atoms with van der Waals surface area (Å²) < 4.78 is 21.6. The second kappa shape index (κ2) is 21.0. The van der Waals surface area contributed by atoms with E-state index in [1.807, 2.05) is 56.9 Å². The minimum atomic E-state index is -1.14. The largest absolute Gasteiger partial charge is 0.465 e. The van der Waals surface area contributed by atoms with Gasteiger partial charge in [0.2, 0.25) is 11.8 Å². The lowest BCUT2D eigenvalue weighted by Gasteiger charge is -2.36. The van der Waals surface area contributed by atoms with Crippen LogP contribution in [0, 0.1) is 17.7 Å². The fraction of sp³-hybridized carbons (Fsp3) is 0.474. The number of hydrogen-bond acceptors (Lipinski definition) is 9. The predicted molar refractivity (Wildman–Crippen MR) is 282 cm³/mol. The number of carbonyl (C=O) groups excluding carboxylic acids is 3. The van der Waals surface area contributed by atoms with Crippen LogP contribution in [-0.2, 0) is 14.3 Å². The van der Waals surface area contributed by atoms with Gasteiger partial charge in [0.15, 0.2) is 0 Å². The number of methoxy groups -OCH3 is 1. The molecule has 2 aromatic heterocycles. The molecule has 6 heterocycles. The molecule has 74 heavy (non-hydrogen) atoms. The van der Waals surface area contributed by atoms with Crippen LogP contribution in [0.5, 0.6) is 0 Å². The van der Waals surface area contributed by atoms with E-state index in [2.05, 4.69) is 79.7 Å². The summed E-state index contributed by atoms with van der Waals surface area (Å²) in [5.74, 6) is 0.790. The molecule has 4 amide bonds. The highest BCUT2D eigenvalue weighted by Gasteiger charge is 2.42. The van der Waals surface area contributed by atoms with Crippen molar-refractivity contribution in [2.24, 2.45) is 11.8 Å². The molecule has 6 atom stereocenters. The minimum Gasteiger partial charge on any atom is -0.465 e. The molecule has 16 nitrogen and oxygen atoms in total. The maximum Gasteiger partial charge on any atom is 0.407 e. The van der Waals surface area contributed by atoms with E-state index in [1.54, 1.807) is 11.0 Å². The number of aromatic nitrogens is 4. The van der Waals surface area contributed by atoms with Gasteiger partial charge in [-0.1, -0.05) is 70.2 Å². The number of anilines is 2. The number of likely N-dealkylation sites (tertiary alicyclic amines) is 2. The maximum atomic E-state index is 16.8. The molecular weight excluding hydrogens is 940 g/mol. The van der Waals surface area contributed by atoms with Crippen molar-refractivity contribution in [2.75, 3.05) is 50.1 Å². The van der Waals surface area contributed by atoms with Crippen molar-refractivity contribution in [3.63, 3.8) is 0 Å². The van der Waals surface area contributed by atoms with Crippen molar-refractivity contribution >= 4 is 57.4 Å². The summed E-state index contributed by atoms with van der Waals surface area (Å²) in [6, 6.07) is 26.4. The van der Waals surface area contributed by atoms with Gasteiger partial charge in [-0.05, 0) is 128 Å². The Balaban J connectivity index is 0.955. The quantitative estimate of drug-likeness (QED) is 0.0869. The van der Waals surface area contributed by atoms with E-state index in [1.165, 1.54) is 19.7 Å². The third kappa shape index (κ3) is 9.72. The molecule has 17 heteroatoms. The third-order valence-electron chi connectivity index (χ3n) is 16.2. The first-order valence-electron chi connectivity index (χ1n) is 26.5. The van der Waals surface area contributed by atoms with E-state index in [9.17, 15) is 24.3 Å². The number of carboxylic acid groups (broad SMARTS) is 1. The van der Waals surface area contributed by atoms with Crippen LogP contribution in [-0.4, -0.2) is 116 Å². The van der Waals surface area contributed by atoms with Crippen LogP contribution in [0.25, 0.3) is 22.1 Å². The van der Waals surface area contributed by atoms with Gasteiger partial charge < -0.3 is 44.7 Å². The molecule has 390 valence electrons. The van der Waals surface area contributed by atoms with Crippen molar-refractivity contribution in [3.05, 3.63) is 119 Å². The molecule has 0 aliphatic carbocycles. The van der Waals surface area contributed by atoms with Crippen LogP contribution >= 0.6 is 0 Å². The van der Waals surface area contributed by atoms with Crippen molar-refractivity contribution in [2.45, 2.75) is 121 Å². The Morgan fingerprint density at radius 1 is 0.689 bits per heavy atom. The zero-order valence-corrected chi connectivity index (χ0v) is 43.3. The van der Waals surface area contributed by atoms with Gasteiger partial charge >= 0.3 is 12.2 Å². The standard InChI is InChI=1S/C57H69FN10O6/c1-33(2)50(63-56(71)74-6)54(69)66-26-10-14-48(66)52-59-41-19-16-37(30-43(41)61-52)45-22-23-46(68(45)39-18-21-47(40(58)32-39)65-28-24-36(25-29-65)35-12-8-7-9-13-35)38-17-20-42-44(31-38)62-53(60-42)49-15-11-27-67(49)55(70)51(34(3)4)64(5)57(72)73/h7-9,12-13,16-21,30-34,36,45-46,48-51H,10-11,14-15,22-29H2,1-6H3,(H,59,61)(H,60,62)(H,63,71)(H,72,73)/t45-,46-,48+,49+,50+,51+/m1/s1. The second-order valence-corrected chi connectivity index (χ2v) is 21.4. The van der Waals surface area contributed by atoms with Gasteiger partial charge in [0.05, 0.1) is 59.0 Å². The average molecular weight is 1010 g/mol. The Kier molecular flexibility index (Phi) is 14.3. The summed E-state index contributed by atoms with van der Waals surface area (Å²) in [5, 5.41) is 12.6. The molecule has 0 radical (unpaired) electrons. The predicted octanol–water partition coefficient (Wildman–Crippen LogP) is 10.4. The zero-order valence-electron chi connectivity index (χ0n) is 43.3. The number of benzene rings is 4. The van der Waals surface area contributed by atoms with Crippen LogP contribution < -0.4 is 15.1 Å². The number of imidazole rings is 2. The van der Waals surface area contributed by atoms with Gasteiger partial charge in [-0.25, -0.2) is 23.9 Å². The first-order chi connectivity index (χ1) is 35.7. The number of hydrogen-bond donors (Lipinski definition) is 4. The lowest BCUT2D eigenvalue weighted by atomic mass is 9.89. The Labute approximate surface area is 431 Å². The summed E-state index contributed by atoms with van der Waals surface area (Å²) in [7, 11) is 2.74. The smallest absolute Gasteiger partial charge is 0.407 e. The number of fused-ring (bicyclic) bond motifs is 2. The van der Waals surface area contributed by atoms with Gasteiger partial charge in [0.1, 0.15) is 29.5 Å². The number of halogens is 1. The van der Waals surface area contributed by atoms with Crippen molar-refractivity contribution in [1.29, 1.82) is 0 Å². The molecule has 6 aromatic rings. The maximum absolute atomic E-state index is 16.8. The molecule has 4 saturated heterocycles. The van der Waals surface area contributed by atoms with E-state index in [0.29, 0.717) is 42.8 Å². The van der Waals surface area contributed by atoms with Gasteiger partial charge in [-0.15, -0.1) is 0 Å². The van der Waals surface area contributed by atoms with Crippen LogP contribution in [0.15, 0.2) is 84.9 Å². The third-order valence-corrected chi connectivity index (χ3v) is 16.2. The highest BCUT2D eigenvalue weighted by atomic mass is 19.1. The van der Waals surface area contributed by atoms with E-state index >= 15 is 4.39 Å². The highest BCUT2D eigenvalue weighted by molar-refractivity contribution is 5.87. The molecule has 4 aromatic carbocycles. The first kappa shape index (κ1) is 50.4. The monoisotopic (exact) mass is 1010 g/mol. The summed E-state index contributed by atoms with van der Waals surface area (Å²) in [6.07, 6.45) is 4.69.